The summed E-state index contributed by atoms with van der Waals surface area (Å²) in [7, 11) is 0. The second-order valence-corrected chi connectivity index (χ2v) is 7.05. The van der Waals surface area contributed by atoms with Crippen molar-refractivity contribution in [1.29, 1.82) is 0 Å². The number of carbonyl (C=O) groups is 2. The first-order chi connectivity index (χ1) is 13.5. The molecule has 4 heteroatoms. The summed E-state index contributed by atoms with van der Waals surface area (Å²) in [5.74, 6) is -0.780. The van der Waals surface area contributed by atoms with Crippen LogP contribution in [-0.4, -0.2) is 17.9 Å². The topological polar surface area (TPSA) is 43.4 Å². The third kappa shape index (κ3) is 3.37. The van der Waals surface area contributed by atoms with Gasteiger partial charge in [-0.05, 0) is 58.8 Å². The van der Waals surface area contributed by atoms with E-state index in [0.717, 1.165) is 21.5 Å². The van der Waals surface area contributed by atoms with Crippen LogP contribution in [0.4, 0.5) is 0 Å². The van der Waals surface area contributed by atoms with Crippen LogP contribution in [0.1, 0.15) is 27.6 Å². The first-order valence-corrected chi connectivity index (χ1v) is 9.33. The van der Waals surface area contributed by atoms with E-state index in [4.69, 9.17) is 16.3 Å². The monoisotopic (exact) mass is 388 g/mol. The van der Waals surface area contributed by atoms with E-state index in [0.29, 0.717) is 16.1 Å². The molecule has 0 saturated carbocycles. The van der Waals surface area contributed by atoms with Crippen LogP contribution in [0, 0.1) is 0 Å². The SMILES string of the molecule is C[C@H](OC(=O)c1c2ccccc2cc2ccccc12)C(=O)c1ccc(Cl)cc1. The molecule has 28 heavy (non-hydrogen) atoms. The summed E-state index contributed by atoms with van der Waals surface area (Å²) in [5.41, 5.74) is 0.928. The number of hydrogen-bond donors (Lipinski definition) is 0. The van der Waals surface area contributed by atoms with Crippen LogP contribution in [-0.2, 0) is 4.74 Å². The van der Waals surface area contributed by atoms with Crippen molar-refractivity contribution in [2.75, 3.05) is 0 Å². The number of ether oxygens (including phenoxy) is 1. The maximum atomic E-state index is 13.1. The molecule has 0 fully saturated rings. The normalized spacial score (nSPS) is 12.1. The zero-order valence-corrected chi connectivity index (χ0v) is 15.9. The summed E-state index contributed by atoms with van der Waals surface area (Å²) < 4.78 is 5.58. The fourth-order valence-corrected chi connectivity index (χ4v) is 3.48. The largest absolute Gasteiger partial charge is 0.451 e. The molecule has 0 saturated heterocycles. The highest BCUT2D eigenvalue weighted by Gasteiger charge is 2.23. The summed E-state index contributed by atoms with van der Waals surface area (Å²) in [4.78, 5) is 25.7. The van der Waals surface area contributed by atoms with Gasteiger partial charge in [0.25, 0.3) is 0 Å². The minimum atomic E-state index is -0.911. The molecular weight excluding hydrogens is 372 g/mol. The van der Waals surface area contributed by atoms with Crippen molar-refractivity contribution in [3.63, 3.8) is 0 Å². The van der Waals surface area contributed by atoms with Crippen LogP contribution in [0.3, 0.4) is 0 Å². The van der Waals surface area contributed by atoms with Gasteiger partial charge in [-0.2, -0.15) is 0 Å². The Balaban J connectivity index is 1.72. The van der Waals surface area contributed by atoms with Crippen molar-refractivity contribution in [2.45, 2.75) is 13.0 Å². The predicted molar refractivity (Wildman–Crippen MR) is 112 cm³/mol. The Morgan fingerprint density at radius 2 is 1.36 bits per heavy atom. The summed E-state index contributed by atoms with van der Waals surface area (Å²) in [6.07, 6.45) is -0.911. The highest BCUT2D eigenvalue weighted by Crippen LogP contribution is 2.29. The fourth-order valence-electron chi connectivity index (χ4n) is 3.36. The van der Waals surface area contributed by atoms with Crippen molar-refractivity contribution < 1.29 is 14.3 Å². The number of hydrogen-bond acceptors (Lipinski definition) is 3. The van der Waals surface area contributed by atoms with Gasteiger partial charge in [-0.3, -0.25) is 4.79 Å². The van der Waals surface area contributed by atoms with Crippen LogP contribution in [0.25, 0.3) is 21.5 Å². The number of halogens is 1. The van der Waals surface area contributed by atoms with Crippen LogP contribution in [0.5, 0.6) is 0 Å². The molecule has 0 heterocycles. The van der Waals surface area contributed by atoms with Crippen LogP contribution >= 0.6 is 11.6 Å². The van der Waals surface area contributed by atoms with Gasteiger partial charge in [-0.15, -0.1) is 0 Å². The maximum Gasteiger partial charge on any atom is 0.340 e. The number of fused-ring (bicyclic) bond motifs is 2. The Morgan fingerprint density at radius 1 is 0.821 bits per heavy atom. The van der Waals surface area contributed by atoms with Crippen molar-refractivity contribution in [2.24, 2.45) is 0 Å². The highest BCUT2D eigenvalue weighted by molar-refractivity contribution is 6.30. The molecule has 0 bridgehead atoms. The average molecular weight is 389 g/mol. The van der Waals surface area contributed by atoms with Crippen LogP contribution in [0.15, 0.2) is 78.9 Å². The van der Waals surface area contributed by atoms with Gasteiger partial charge in [0, 0.05) is 10.6 Å². The molecule has 0 N–H and O–H groups in total. The van der Waals surface area contributed by atoms with Crippen LogP contribution in [0.2, 0.25) is 5.02 Å². The lowest BCUT2D eigenvalue weighted by Gasteiger charge is -2.15. The summed E-state index contributed by atoms with van der Waals surface area (Å²) in [6, 6.07) is 23.9. The molecule has 0 unspecified atom stereocenters. The van der Waals surface area contributed by atoms with Gasteiger partial charge in [-0.25, -0.2) is 4.79 Å². The minimum Gasteiger partial charge on any atom is -0.451 e. The zero-order chi connectivity index (χ0) is 19.7. The number of rotatable bonds is 4. The minimum absolute atomic E-state index is 0.269. The van der Waals surface area contributed by atoms with Crippen molar-refractivity contribution in [3.8, 4) is 0 Å². The Bertz CT molecular complexity index is 1140. The summed E-state index contributed by atoms with van der Waals surface area (Å²) in [6.45, 7) is 1.59. The molecule has 0 aliphatic heterocycles. The Hall–Kier alpha value is -3.17. The molecule has 4 aromatic rings. The molecule has 1 atom stereocenters. The molecule has 0 spiro atoms. The van der Waals surface area contributed by atoms with Crippen LogP contribution < -0.4 is 0 Å². The van der Waals surface area contributed by atoms with Crippen molar-refractivity contribution in [1.82, 2.24) is 0 Å². The molecule has 0 aromatic heterocycles. The standard InChI is InChI=1S/C24H17ClO3/c1-15(23(26)16-10-12-19(25)13-11-16)28-24(27)22-20-8-4-2-6-17(20)14-18-7-3-5-9-21(18)22/h2-15H,1H3/t15-/m0/s1. The first kappa shape index (κ1) is 18.2. The molecule has 0 aliphatic rings. The highest BCUT2D eigenvalue weighted by atomic mass is 35.5. The molecule has 3 nitrogen and oxygen atoms in total. The number of Topliss-reactive ketones (excluding diaryl/α,β-unsaturated/α-hetero) is 1. The van der Waals surface area contributed by atoms with Gasteiger partial charge in [0.2, 0.25) is 5.78 Å². The van der Waals surface area contributed by atoms with E-state index in [1.54, 1.807) is 31.2 Å². The second kappa shape index (κ2) is 7.45. The lowest BCUT2D eigenvalue weighted by molar-refractivity contribution is 0.0322. The second-order valence-electron chi connectivity index (χ2n) is 6.61. The van der Waals surface area contributed by atoms with Crippen molar-refractivity contribution in [3.05, 3.63) is 95.0 Å². The smallest absolute Gasteiger partial charge is 0.340 e. The summed E-state index contributed by atoms with van der Waals surface area (Å²) >= 11 is 5.87. The number of carbonyl (C=O) groups excluding carboxylic acids is 2. The van der Waals surface area contributed by atoms with Gasteiger partial charge in [0.15, 0.2) is 6.10 Å². The van der Waals surface area contributed by atoms with E-state index in [1.165, 1.54) is 0 Å². The quantitative estimate of drug-likeness (QED) is 0.242. The third-order valence-corrected chi connectivity index (χ3v) is 5.01. The molecular formula is C24H17ClO3. The third-order valence-electron chi connectivity index (χ3n) is 4.76. The first-order valence-electron chi connectivity index (χ1n) is 8.96. The lowest BCUT2D eigenvalue weighted by atomic mass is 9.97. The zero-order valence-electron chi connectivity index (χ0n) is 15.2. The molecule has 0 aliphatic carbocycles. The van der Waals surface area contributed by atoms with Gasteiger partial charge >= 0.3 is 5.97 Å². The van der Waals surface area contributed by atoms with E-state index in [1.807, 2.05) is 54.6 Å². The Labute approximate surface area is 167 Å². The molecule has 4 aromatic carbocycles. The summed E-state index contributed by atoms with van der Waals surface area (Å²) in [5, 5.41) is 4.05. The number of ketones is 1. The van der Waals surface area contributed by atoms with E-state index < -0.39 is 12.1 Å². The Morgan fingerprint density at radius 3 is 1.93 bits per heavy atom. The Kier molecular flexibility index (Phi) is 4.84. The molecule has 0 amide bonds. The molecule has 0 radical (unpaired) electrons. The van der Waals surface area contributed by atoms with E-state index in [9.17, 15) is 9.59 Å². The molecule has 138 valence electrons. The van der Waals surface area contributed by atoms with E-state index >= 15 is 0 Å². The number of benzene rings is 4. The fraction of sp³-hybridized carbons (Fsp3) is 0.0833. The predicted octanol–water partition coefficient (Wildman–Crippen LogP) is 6.07. The average Bonchev–Trinajstić information content (AvgIpc) is 2.71. The number of esters is 1. The van der Waals surface area contributed by atoms with E-state index in [2.05, 4.69) is 0 Å². The van der Waals surface area contributed by atoms with Gasteiger partial charge in [0.05, 0.1) is 5.56 Å². The lowest BCUT2D eigenvalue weighted by Crippen LogP contribution is -2.24. The maximum absolute atomic E-state index is 13.1. The van der Waals surface area contributed by atoms with Gasteiger partial charge in [-0.1, -0.05) is 60.1 Å². The van der Waals surface area contributed by atoms with E-state index in [-0.39, 0.29) is 5.78 Å². The van der Waals surface area contributed by atoms with Crippen molar-refractivity contribution >= 4 is 44.9 Å². The molecule has 4 rings (SSSR count). The van der Waals surface area contributed by atoms with Gasteiger partial charge in [0.1, 0.15) is 0 Å². The van der Waals surface area contributed by atoms with Gasteiger partial charge < -0.3 is 4.74 Å².